The van der Waals surface area contributed by atoms with E-state index in [0.717, 1.165) is 30.1 Å². The highest BCUT2D eigenvalue weighted by atomic mass is 35.5. The zero-order valence-electron chi connectivity index (χ0n) is 19.1. The molecule has 0 spiro atoms. The average Bonchev–Trinajstić information content (AvgIpc) is 3.25. The van der Waals surface area contributed by atoms with E-state index in [4.69, 9.17) is 11.6 Å². The molecule has 1 aliphatic rings. The highest BCUT2D eigenvalue weighted by molar-refractivity contribution is 7.13. The van der Waals surface area contributed by atoms with Gasteiger partial charge in [0.2, 0.25) is 5.91 Å². The number of hydrogen-bond donors (Lipinski definition) is 3. The summed E-state index contributed by atoms with van der Waals surface area (Å²) < 4.78 is 0. The maximum absolute atomic E-state index is 12.9. The average molecular weight is 508 g/mol. The fourth-order valence-corrected chi connectivity index (χ4v) is 4.36. The molecule has 0 fully saturated rings. The van der Waals surface area contributed by atoms with Crippen molar-refractivity contribution in [1.29, 1.82) is 0 Å². The van der Waals surface area contributed by atoms with Crippen molar-refractivity contribution < 1.29 is 19.2 Å². The van der Waals surface area contributed by atoms with Crippen molar-refractivity contribution in [1.82, 2.24) is 30.4 Å². The Morgan fingerprint density at radius 1 is 1.26 bits per heavy atom. The number of pyridine rings is 1. The van der Waals surface area contributed by atoms with Gasteiger partial charge in [0.25, 0.3) is 5.91 Å². The highest BCUT2D eigenvalue weighted by Crippen LogP contribution is 2.24. The second-order valence-corrected chi connectivity index (χ2v) is 9.30. The third-order valence-corrected chi connectivity index (χ3v) is 6.52. The monoisotopic (exact) mass is 507 g/mol. The molecule has 0 bridgehead atoms. The summed E-state index contributed by atoms with van der Waals surface area (Å²) in [6.45, 7) is 3.49. The van der Waals surface area contributed by atoms with Gasteiger partial charge in [-0.25, -0.2) is 9.97 Å². The number of carbonyl (C=O) groups is 4. The normalized spacial score (nSPS) is 14.0. The third kappa shape index (κ3) is 6.49. The molecule has 0 radical (unpaired) electrons. The number of halogens is 1. The zero-order chi connectivity index (χ0) is 24.8. The number of nitrogens with zero attached hydrogens (tertiary/aromatic N) is 4. The van der Waals surface area contributed by atoms with Gasteiger partial charge in [-0.3, -0.25) is 19.2 Å². The SMILES string of the molecule is CCN(C)C(=O)C(CNC(=O)C(=O)Nc1ccc(Cl)cn1)NC(=O)c1nc2c(s1)CN(C)CC2. The smallest absolute Gasteiger partial charge is 0.314 e. The second-order valence-electron chi connectivity index (χ2n) is 7.78. The number of thiazole rings is 1. The number of anilines is 1. The summed E-state index contributed by atoms with van der Waals surface area (Å²) in [7, 11) is 3.58. The van der Waals surface area contributed by atoms with Crippen LogP contribution in [0.1, 0.15) is 27.3 Å². The molecule has 4 amide bonds. The molecule has 0 aliphatic carbocycles. The van der Waals surface area contributed by atoms with Crippen molar-refractivity contribution in [2.45, 2.75) is 25.9 Å². The van der Waals surface area contributed by atoms with Gasteiger partial charge in [-0.15, -0.1) is 11.3 Å². The van der Waals surface area contributed by atoms with Crippen molar-refractivity contribution in [3.63, 3.8) is 0 Å². The first-order valence-corrected chi connectivity index (χ1v) is 11.8. The molecule has 0 saturated heterocycles. The predicted molar refractivity (Wildman–Crippen MR) is 128 cm³/mol. The lowest BCUT2D eigenvalue weighted by Crippen LogP contribution is -2.54. The molecule has 0 saturated carbocycles. The van der Waals surface area contributed by atoms with Crippen LogP contribution in [0.15, 0.2) is 18.3 Å². The van der Waals surface area contributed by atoms with Gasteiger partial charge in [0.15, 0.2) is 5.01 Å². The molecule has 182 valence electrons. The van der Waals surface area contributed by atoms with E-state index in [1.165, 1.54) is 34.6 Å². The molecular formula is C21H26ClN7O4S. The van der Waals surface area contributed by atoms with E-state index < -0.39 is 29.7 Å². The molecule has 3 N–H and O–H groups in total. The van der Waals surface area contributed by atoms with E-state index in [1.54, 1.807) is 14.0 Å². The van der Waals surface area contributed by atoms with E-state index in [2.05, 4.69) is 30.8 Å². The first-order valence-electron chi connectivity index (χ1n) is 10.6. The molecule has 34 heavy (non-hydrogen) atoms. The Bertz CT molecular complexity index is 1080. The van der Waals surface area contributed by atoms with Gasteiger partial charge >= 0.3 is 11.8 Å². The molecular weight excluding hydrogens is 482 g/mol. The minimum atomic E-state index is -1.08. The number of likely N-dealkylation sites (N-methyl/N-ethyl adjacent to an activating group) is 2. The molecule has 2 aromatic heterocycles. The number of rotatable bonds is 7. The molecule has 1 atom stereocenters. The summed E-state index contributed by atoms with van der Waals surface area (Å²) >= 11 is 7.04. The Hall–Kier alpha value is -3.09. The Balaban J connectivity index is 1.64. The molecule has 11 nitrogen and oxygen atoms in total. The lowest BCUT2D eigenvalue weighted by Gasteiger charge is -2.23. The van der Waals surface area contributed by atoms with Gasteiger partial charge in [0, 0.05) is 50.7 Å². The Kier molecular flexibility index (Phi) is 8.53. The van der Waals surface area contributed by atoms with E-state index in [-0.39, 0.29) is 17.4 Å². The minimum Gasteiger partial charge on any atom is -0.345 e. The molecule has 1 aliphatic heterocycles. The number of amides is 4. The van der Waals surface area contributed by atoms with E-state index >= 15 is 0 Å². The van der Waals surface area contributed by atoms with Crippen molar-refractivity contribution in [3.05, 3.63) is 38.9 Å². The fourth-order valence-electron chi connectivity index (χ4n) is 3.16. The zero-order valence-corrected chi connectivity index (χ0v) is 20.6. The quantitative estimate of drug-likeness (QED) is 0.464. The molecule has 2 aromatic rings. The topological polar surface area (TPSA) is 137 Å². The largest absolute Gasteiger partial charge is 0.345 e. The van der Waals surface area contributed by atoms with Crippen LogP contribution in [0.5, 0.6) is 0 Å². The van der Waals surface area contributed by atoms with Gasteiger partial charge in [0.05, 0.1) is 10.7 Å². The molecule has 3 rings (SSSR count). The molecule has 3 heterocycles. The van der Waals surface area contributed by atoms with Crippen LogP contribution < -0.4 is 16.0 Å². The van der Waals surface area contributed by atoms with Crippen LogP contribution in [0.2, 0.25) is 5.02 Å². The fraction of sp³-hybridized carbons (Fsp3) is 0.429. The molecule has 13 heteroatoms. The highest BCUT2D eigenvalue weighted by Gasteiger charge is 2.28. The van der Waals surface area contributed by atoms with Crippen LogP contribution in [0.4, 0.5) is 5.82 Å². The van der Waals surface area contributed by atoms with Crippen molar-refractivity contribution in [2.24, 2.45) is 0 Å². The van der Waals surface area contributed by atoms with Crippen LogP contribution in [0.3, 0.4) is 0 Å². The van der Waals surface area contributed by atoms with E-state index in [0.29, 0.717) is 11.6 Å². The number of hydrogen-bond acceptors (Lipinski definition) is 8. The number of carbonyl (C=O) groups excluding carboxylic acids is 4. The maximum Gasteiger partial charge on any atom is 0.314 e. The van der Waals surface area contributed by atoms with Crippen molar-refractivity contribution >= 4 is 52.4 Å². The molecule has 0 aromatic carbocycles. The van der Waals surface area contributed by atoms with Crippen LogP contribution in [0.25, 0.3) is 0 Å². The number of aromatic nitrogens is 2. The lowest BCUT2D eigenvalue weighted by atomic mass is 10.2. The number of nitrogens with one attached hydrogen (secondary N) is 3. The van der Waals surface area contributed by atoms with Crippen LogP contribution in [-0.2, 0) is 27.3 Å². The number of fused-ring (bicyclic) bond motifs is 1. The summed E-state index contributed by atoms with van der Waals surface area (Å²) in [5, 5.41) is 8.02. The van der Waals surface area contributed by atoms with E-state index in [9.17, 15) is 19.2 Å². The van der Waals surface area contributed by atoms with Gasteiger partial charge in [-0.05, 0) is 26.1 Å². The van der Waals surface area contributed by atoms with Gasteiger partial charge < -0.3 is 25.8 Å². The maximum atomic E-state index is 12.9. The predicted octanol–water partition coefficient (Wildman–Crippen LogP) is 0.511. The van der Waals surface area contributed by atoms with Gasteiger partial charge in [-0.1, -0.05) is 11.6 Å². The van der Waals surface area contributed by atoms with Gasteiger partial charge in [-0.2, -0.15) is 0 Å². The second kappa shape index (κ2) is 11.4. The Morgan fingerprint density at radius 2 is 2.03 bits per heavy atom. The van der Waals surface area contributed by atoms with Crippen molar-refractivity contribution in [2.75, 3.05) is 39.0 Å². The third-order valence-electron chi connectivity index (χ3n) is 5.21. The molecule has 1 unspecified atom stereocenters. The summed E-state index contributed by atoms with van der Waals surface area (Å²) in [6.07, 6.45) is 2.08. The standard InChI is InChI=1S/C21H26ClN7O4S/c1-4-29(3)21(33)14(10-24-17(30)18(31)27-16-6-5-12(22)9-23-16)25-19(32)20-26-13-7-8-28(2)11-15(13)34-20/h5-6,9,14H,4,7-8,10-11H2,1-3H3,(H,24,30)(H,25,32)(H,23,27,31). The first kappa shape index (κ1) is 25.5. The van der Waals surface area contributed by atoms with E-state index in [1.807, 2.05) is 7.05 Å². The summed E-state index contributed by atoms with van der Waals surface area (Å²) in [5.41, 5.74) is 0.891. The Morgan fingerprint density at radius 3 is 2.71 bits per heavy atom. The lowest BCUT2D eigenvalue weighted by molar-refractivity contribution is -0.137. The van der Waals surface area contributed by atoms with Crippen LogP contribution in [-0.4, -0.2) is 83.2 Å². The minimum absolute atomic E-state index is 0.148. The summed E-state index contributed by atoms with van der Waals surface area (Å²) in [6, 6.07) is 1.88. The first-order chi connectivity index (χ1) is 16.2. The van der Waals surface area contributed by atoms with Gasteiger partial charge in [0.1, 0.15) is 11.9 Å². The summed E-state index contributed by atoms with van der Waals surface area (Å²) in [4.78, 5) is 63.0. The summed E-state index contributed by atoms with van der Waals surface area (Å²) in [5.74, 6) is -2.70. The van der Waals surface area contributed by atoms with Crippen LogP contribution >= 0.6 is 22.9 Å². The van der Waals surface area contributed by atoms with Crippen molar-refractivity contribution in [3.8, 4) is 0 Å². The Labute approximate surface area is 205 Å². The van der Waals surface area contributed by atoms with Crippen LogP contribution in [0, 0.1) is 0 Å².